The highest BCUT2D eigenvalue weighted by Crippen LogP contribution is 2.40. The van der Waals surface area contributed by atoms with Crippen LogP contribution in [0.15, 0.2) is 34.3 Å². The van der Waals surface area contributed by atoms with Crippen LogP contribution in [0.2, 0.25) is 0 Å². The Kier molecular flexibility index (Phi) is 5.99. The molecule has 0 saturated carbocycles. The second-order valence-electron chi connectivity index (χ2n) is 8.19. The Labute approximate surface area is 196 Å². The van der Waals surface area contributed by atoms with Crippen molar-refractivity contribution in [3.8, 4) is 12.1 Å². The van der Waals surface area contributed by atoms with Crippen LogP contribution in [-0.2, 0) is 25.7 Å². The molecule has 0 unspecified atom stereocenters. The second-order valence-corrected chi connectivity index (χ2v) is 10.4. The van der Waals surface area contributed by atoms with E-state index >= 15 is 0 Å². The molecule has 4 nitrogen and oxygen atoms in total. The molecular weight excluding hydrogens is 432 g/mol. The maximum atomic E-state index is 9.59. The van der Waals surface area contributed by atoms with E-state index < -0.39 is 0 Å². The van der Waals surface area contributed by atoms with Gasteiger partial charge in [-0.3, -0.25) is 0 Å². The lowest BCUT2D eigenvalue weighted by Crippen LogP contribution is -1.99. The molecule has 0 fully saturated rings. The summed E-state index contributed by atoms with van der Waals surface area (Å²) in [6.45, 7) is 0. The molecule has 2 aliphatic rings. The van der Waals surface area contributed by atoms with Gasteiger partial charge in [-0.25, -0.2) is 9.98 Å². The molecule has 0 spiro atoms. The van der Waals surface area contributed by atoms with Gasteiger partial charge < -0.3 is 0 Å². The normalized spacial score (nSPS) is 15.4. The van der Waals surface area contributed by atoms with Gasteiger partial charge in [0.2, 0.25) is 0 Å². The number of hydrogen-bond acceptors (Lipinski definition) is 6. The number of nitrogens with zero attached hydrogens (tertiary/aromatic N) is 4. The minimum Gasteiger partial charge on any atom is -0.244 e. The van der Waals surface area contributed by atoms with Crippen molar-refractivity contribution in [1.82, 2.24) is 0 Å². The SMILES string of the molecule is N#Cc1c(/N=C/c2ccc(/C=N/c3sc4c(c3C#N)CCCC4)cc2)sc2c1CCCC2. The molecule has 0 aliphatic heterocycles. The maximum absolute atomic E-state index is 9.59. The van der Waals surface area contributed by atoms with Crippen molar-refractivity contribution in [3.05, 3.63) is 67.4 Å². The average molecular weight is 455 g/mol. The van der Waals surface area contributed by atoms with Crippen LogP contribution in [0.25, 0.3) is 0 Å². The molecule has 0 amide bonds. The van der Waals surface area contributed by atoms with Gasteiger partial charge in [0.25, 0.3) is 0 Å². The van der Waals surface area contributed by atoms with Crippen LogP contribution >= 0.6 is 22.7 Å². The molecule has 1 aromatic carbocycles. The Morgan fingerprint density at radius 2 is 1.06 bits per heavy atom. The molecule has 2 heterocycles. The molecule has 3 aromatic rings. The van der Waals surface area contributed by atoms with Crippen molar-refractivity contribution in [1.29, 1.82) is 10.5 Å². The predicted octanol–water partition coefficient (Wildman–Crippen LogP) is 6.81. The van der Waals surface area contributed by atoms with E-state index in [1.54, 1.807) is 22.7 Å². The molecule has 0 saturated heterocycles. The summed E-state index contributed by atoms with van der Waals surface area (Å²) in [5, 5.41) is 20.8. The molecule has 0 atom stereocenters. The van der Waals surface area contributed by atoms with Crippen LogP contribution < -0.4 is 0 Å². The Morgan fingerprint density at radius 1 is 0.656 bits per heavy atom. The van der Waals surface area contributed by atoms with E-state index in [0.717, 1.165) is 70.8 Å². The van der Waals surface area contributed by atoms with Crippen LogP contribution in [0.5, 0.6) is 0 Å². The monoisotopic (exact) mass is 454 g/mol. The third kappa shape index (κ3) is 4.05. The number of hydrogen-bond donors (Lipinski definition) is 0. The third-order valence-electron chi connectivity index (χ3n) is 6.13. The summed E-state index contributed by atoms with van der Waals surface area (Å²) >= 11 is 3.33. The largest absolute Gasteiger partial charge is 0.244 e. The van der Waals surface area contributed by atoms with E-state index in [2.05, 4.69) is 22.1 Å². The summed E-state index contributed by atoms with van der Waals surface area (Å²) in [6, 6.07) is 12.8. The van der Waals surface area contributed by atoms with E-state index in [1.165, 1.54) is 33.7 Å². The lowest BCUT2D eigenvalue weighted by molar-refractivity contribution is 0.696. The van der Waals surface area contributed by atoms with Gasteiger partial charge in [0.15, 0.2) is 0 Å². The van der Waals surface area contributed by atoms with Crippen LogP contribution in [0, 0.1) is 22.7 Å². The molecule has 0 N–H and O–H groups in total. The molecular formula is C26H22N4S2. The van der Waals surface area contributed by atoms with Gasteiger partial charge in [-0.05, 0) is 73.6 Å². The number of benzene rings is 1. The Balaban J connectivity index is 1.33. The lowest BCUT2D eigenvalue weighted by Gasteiger charge is -2.09. The number of aliphatic imine (C=N–C) groups is 2. The van der Waals surface area contributed by atoms with E-state index in [1.807, 2.05) is 36.7 Å². The Bertz CT molecular complexity index is 1190. The van der Waals surface area contributed by atoms with Crippen molar-refractivity contribution < 1.29 is 0 Å². The molecule has 0 radical (unpaired) electrons. The zero-order valence-corrected chi connectivity index (χ0v) is 19.4. The van der Waals surface area contributed by atoms with Crippen LogP contribution in [0.1, 0.15) is 68.8 Å². The van der Waals surface area contributed by atoms with Crippen LogP contribution in [0.3, 0.4) is 0 Å². The molecule has 2 aliphatic carbocycles. The summed E-state index contributed by atoms with van der Waals surface area (Å²) < 4.78 is 0. The van der Waals surface area contributed by atoms with Crippen LogP contribution in [-0.4, -0.2) is 12.4 Å². The first kappa shape index (κ1) is 20.8. The van der Waals surface area contributed by atoms with Crippen molar-refractivity contribution >= 4 is 45.1 Å². The number of nitriles is 2. The van der Waals surface area contributed by atoms with E-state index in [4.69, 9.17) is 0 Å². The van der Waals surface area contributed by atoms with Gasteiger partial charge in [0, 0.05) is 22.2 Å². The van der Waals surface area contributed by atoms with Crippen molar-refractivity contribution in [3.63, 3.8) is 0 Å². The highest BCUT2D eigenvalue weighted by molar-refractivity contribution is 7.16. The highest BCUT2D eigenvalue weighted by Gasteiger charge is 2.21. The summed E-state index contributed by atoms with van der Waals surface area (Å²) in [4.78, 5) is 11.9. The topological polar surface area (TPSA) is 72.3 Å². The summed E-state index contributed by atoms with van der Waals surface area (Å²) in [5.74, 6) is 0. The maximum Gasteiger partial charge on any atom is 0.134 e. The summed E-state index contributed by atoms with van der Waals surface area (Å²) in [5.41, 5.74) is 5.93. The Morgan fingerprint density at radius 3 is 1.47 bits per heavy atom. The highest BCUT2D eigenvalue weighted by atomic mass is 32.1. The van der Waals surface area contributed by atoms with Crippen molar-refractivity contribution in [2.24, 2.45) is 9.98 Å². The van der Waals surface area contributed by atoms with Gasteiger partial charge in [-0.15, -0.1) is 22.7 Å². The molecule has 2 aromatic heterocycles. The summed E-state index contributed by atoms with van der Waals surface area (Å²) in [6.07, 6.45) is 12.5. The van der Waals surface area contributed by atoms with Crippen LogP contribution in [0.4, 0.5) is 10.0 Å². The first-order valence-corrected chi connectivity index (χ1v) is 12.7. The van der Waals surface area contributed by atoms with Gasteiger partial charge in [0.1, 0.15) is 22.1 Å². The minimum atomic E-state index is 0.761. The van der Waals surface area contributed by atoms with Gasteiger partial charge in [-0.2, -0.15) is 10.5 Å². The first-order valence-electron chi connectivity index (χ1n) is 11.0. The smallest absolute Gasteiger partial charge is 0.134 e. The molecule has 6 heteroatoms. The van der Waals surface area contributed by atoms with Crippen molar-refractivity contribution in [2.75, 3.05) is 0 Å². The quantitative estimate of drug-likeness (QED) is 0.406. The first-order chi connectivity index (χ1) is 15.8. The molecule has 0 bridgehead atoms. The standard InChI is InChI=1S/C26H22N4S2/c27-13-21-19-5-1-3-7-23(19)31-25(21)29-15-17-9-11-18(12-10-17)16-30-26-22(14-28)20-6-2-4-8-24(20)32-26/h9-12,15-16H,1-8H2/b29-15+,30-16+. The Hall–Kier alpha value is -3.06. The third-order valence-corrected chi connectivity index (χ3v) is 8.53. The lowest BCUT2D eigenvalue weighted by atomic mass is 9.96. The predicted molar refractivity (Wildman–Crippen MR) is 132 cm³/mol. The second kappa shape index (κ2) is 9.20. The average Bonchev–Trinajstić information content (AvgIpc) is 3.39. The van der Waals surface area contributed by atoms with E-state index in [9.17, 15) is 10.5 Å². The molecule has 5 rings (SSSR count). The zero-order chi connectivity index (χ0) is 21.9. The zero-order valence-electron chi connectivity index (χ0n) is 17.7. The fourth-order valence-corrected chi connectivity index (χ4v) is 6.82. The summed E-state index contributed by atoms with van der Waals surface area (Å²) in [7, 11) is 0. The van der Waals surface area contributed by atoms with Crippen molar-refractivity contribution in [2.45, 2.75) is 51.4 Å². The van der Waals surface area contributed by atoms with Gasteiger partial charge in [0.05, 0.1) is 11.1 Å². The number of aryl methyl sites for hydroxylation is 2. The minimum absolute atomic E-state index is 0.761. The van der Waals surface area contributed by atoms with Gasteiger partial charge in [-0.1, -0.05) is 24.3 Å². The molecule has 32 heavy (non-hydrogen) atoms. The van der Waals surface area contributed by atoms with E-state index in [0.29, 0.717) is 0 Å². The fraction of sp³-hybridized carbons (Fsp3) is 0.308. The number of thiophene rings is 2. The number of fused-ring (bicyclic) bond motifs is 2. The molecule has 158 valence electrons. The van der Waals surface area contributed by atoms with Gasteiger partial charge >= 0.3 is 0 Å². The fourth-order valence-electron chi connectivity index (χ4n) is 4.45. The van der Waals surface area contributed by atoms with E-state index in [-0.39, 0.29) is 0 Å². The number of rotatable bonds is 4.